The Morgan fingerprint density at radius 2 is 1.75 bits per heavy atom. The lowest BCUT2D eigenvalue weighted by molar-refractivity contribution is 0.0992. The Labute approximate surface area is 176 Å². The number of nitrogens with zero attached hydrogens (tertiary/aromatic N) is 2. The number of carbonyl (C=O) groups excluding carboxylic acids is 2. The third kappa shape index (κ3) is 4.62. The Kier molecular flexibility index (Phi) is 6.51. The molecule has 0 radical (unpaired) electrons. The molecule has 2 aromatic carbocycles. The van der Waals surface area contributed by atoms with Gasteiger partial charge in [-0.15, -0.1) is 0 Å². The van der Waals surface area contributed by atoms with Crippen LogP contribution in [-0.2, 0) is 6.54 Å². The molecule has 1 unspecified atom stereocenters. The predicted molar refractivity (Wildman–Crippen MR) is 109 cm³/mol. The molecule has 1 fully saturated rings. The number of rotatable bonds is 6. The maximum absolute atomic E-state index is 12.9. The number of anilines is 1. The molecule has 1 saturated heterocycles. The van der Waals surface area contributed by atoms with E-state index in [-0.39, 0.29) is 19.7 Å². The number of hydrogen-bond donors (Lipinski definition) is 3. The highest BCUT2D eigenvalue weighted by molar-refractivity contribution is 6.42. The first-order valence-electron chi connectivity index (χ1n) is 8.34. The van der Waals surface area contributed by atoms with Crippen LogP contribution in [0.4, 0.5) is 15.3 Å². The second-order valence-electron chi connectivity index (χ2n) is 6.04. The topological polar surface area (TPSA) is 84.9 Å². The van der Waals surface area contributed by atoms with E-state index in [0.29, 0.717) is 20.8 Å². The first-order valence-corrected chi connectivity index (χ1v) is 9.48. The molecule has 1 atom stereocenters. The highest BCUT2D eigenvalue weighted by Crippen LogP contribution is 2.26. The van der Waals surface area contributed by atoms with Gasteiger partial charge >= 0.3 is 12.1 Å². The molecule has 1 aliphatic rings. The van der Waals surface area contributed by atoms with Crippen LogP contribution in [0.1, 0.15) is 5.56 Å². The standard InChI is InChI=1S/C18H17Cl3N4O3/c19-12-3-1-11(2-4-12)10-25-16(22-13-5-6-14(20)15(21)9-13)23-17(27)24(7-8-26)18(25)28/h1-6,9,16,22,26H,7-8,10H2,(H,23,27). The van der Waals surface area contributed by atoms with Crippen molar-refractivity contribution >= 4 is 52.6 Å². The van der Waals surface area contributed by atoms with Gasteiger partial charge in [0.25, 0.3) is 0 Å². The normalized spacial score (nSPS) is 16.9. The van der Waals surface area contributed by atoms with Crippen LogP contribution in [0.3, 0.4) is 0 Å². The number of aliphatic hydroxyl groups is 1. The Balaban J connectivity index is 1.87. The van der Waals surface area contributed by atoms with Crippen LogP contribution in [0.5, 0.6) is 0 Å². The van der Waals surface area contributed by atoms with Gasteiger partial charge in [0.05, 0.1) is 29.7 Å². The summed E-state index contributed by atoms with van der Waals surface area (Å²) in [5.74, 6) is 0. The van der Waals surface area contributed by atoms with Crippen molar-refractivity contribution in [3.63, 3.8) is 0 Å². The summed E-state index contributed by atoms with van der Waals surface area (Å²) in [6, 6.07) is 10.8. The molecule has 148 valence electrons. The molecule has 0 bridgehead atoms. The van der Waals surface area contributed by atoms with Crippen LogP contribution in [-0.4, -0.2) is 46.4 Å². The van der Waals surface area contributed by atoms with Gasteiger partial charge in [-0.3, -0.25) is 10.2 Å². The highest BCUT2D eigenvalue weighted by Gasteiger charge is 2.38. The molecule has 0 saturated carbocycles. The quantitative estimate of drug-likeness (QED) is 0.630. The zero-order valence-electron chi connectivity index (χ0n) is 14.5. The Morgan fingerprint density at radius 1 is 1.04 bits per heavy atom. The van der Waals surface area contributed by atoms with Crippen LogP contribution in [0, 0.1) is 0 Å². The van der Waals surface area contributed by atoms with E-state index >= 15 is 0 Å². The first kappa shape index (κ1) is 20.5. The second-order valence-corrected chi connectivity index (χ2v) is 7.29. The van der Waals surface area contributed by atoms with Crippen molar-refractivity contribution in [1.82, 2.24) is 15.1 Å². The average Bonchev–Trinajstić information content (AvgIpc) is 2.66. The van der Waals surface area contributed by atoms with E-state index in [2.05, 4.69) is 10.6 Å². The number of β-amino-alcohol motifs (C(OH)–C–C–N with tert-alkyl or cyclic N) is 1. The highest BCUT2D eigenvalue weighted by atomic mass is 35.5. The molecule has 3 N–H and O–H groups in total. The molecule has 2 aromatic rings. The SMILES string of the molecule is O=C1NC(Nc2ccc(Cl)c(Cl)c2)N(Cc2ccc(Cl)cc2)C(=O)N1CCO. The molecular weight excluding hydrogens is 427 g/mol. The third-order valence-electron chi connectivity index (χ3n) is 4.11. The van der Waals surface area contributed by atoms with E-state index in [4.69, 9.17) is 39.9 Å². The summed E-state index contributed by atoms with van der Waals surface area (Å²) in [5, 5.41) is 16.3. The van der Waals surface area contributed by atoms with Gasteiger partial charge < -0.3 is 10.4 Å². The number of halogens is 3. The van der Waals surface area contributed by atoms with Crippen molar-refractivity contribution in [3.8, 4) is 0 Å². The van der Waals surface area contributed by atoms with Crippen LogP contribution in [0.15, 0.2) is 42.5 Å². The zero-order valence-corrected chi connectivity index (χ0v) is 16.8. The van der Waals surface area contributed by atoms with Gasteiger partial charge in [0.2, 0.25) is 0 Å². The molecule has 1 heterocycles. The fourth-order valence-corrected chi connectivity index (χ4v) is 3.15. The van der Waals surface area contributed by atoms with Gasteiger partial charge in [-0.05, 0) is 35.9 Å². The Morgan fingerprint density at radius 3 is 2.39 bits per heavy atom. The van der Waals surface area contributed by atoms with Crippen LogP contribution in [0.25, 0.3) is 0 Å². The fourth-order valence-electron chi connectivity index (χ4n) is 2.73. The number of carbonyl (C=O) groups is 2. The summed E-state index contributed by atoms with van der Waals surface area (Å²) in [6.45, 7) is -0.239. The van der Waals surface area contributed by atoms with Crippen molar-refractivity contribution < 1.29 is 14.7 Å². The summed E-state index contributed by atoms with van der Waals surface area (Å²) in [7, 11) is 0. The zero-order chi connectivity index (χ0) is 20.3. The number of benzene rings is 2. The molecule has 0 aliphatic carbocycles. The fraction of sp³-hybridized carbons (Fsp3) is 0.222. The van der Waals surface area contributed by atoms with Gasteiger partial charge in [-0.2, -0.15) is 0 Å². The summed E-state index contributed by atoms with van der Waals surface area (Å²) in [6.07, 6.45) is -0.831. The minimum atomic E-state index is -0.831. The molecule has 0 aromatic heterocycles. The first-order chi connectivity index (χ1) is 13.4. The number of urea groups is 2. The van der Waals surface area contributed by atoms with Crippen LogP contribution < -0.4 is 10.6 Å². The van der Waals surface area contributed by atoms with E-state index in [1.807, 2.05) is 0 Å². The van der Waals surface area contributed by atoms with E-state index < -0.39 is 18.4 Å². The minimum Gasteiger partial charge on any atom is -0.395 e. The third-order valence-corrected chi connectivity index (χ3v) is 5.10. The average molecular weight is 444 g/mol. The van der Waals surface area contributed by atoms with Gasteiger partial charge in [0.1, 0.15) is 0 Å². The maximum atomic E-state index is 12.9. The lowest BCUT2D eigenvalue weighted by Gasteiger charge is -2.41. The molecule has 0 spiro atoms. The number of nitrogens with one attached hydrogen (secondary N) is 2. The van der Waals surface area contributed by atoms with Gasteiger partial charge in [0.15, 0.2) is 6.29 Å². The smallest absolute Gasteiger partial charge is 0.331 e. The summed E-state index contributed by atoms with van der Waals surface area (Å²) < 4.78 is 0. The van der Waals surface area contributed by atoms with E-state index in [0.717, 1.165) is 10.5 Å². The second kappa shape index (κ2) is 8.87. The monoisotopic (exact) mass is 442 g/mol. The van der Waals surface area contributed by atoms with Gasteiger partial charge in [-0.1, -0.05) is 46.9 Å². The van der Waals surface area contributed by atoms with E-state index in [1.165, 1.54) is 4.90 Å². The summed E-state index contributed by atoms with van der Waals surface area (Å²) >= 11 is 17.9. The molecule has 1 aliphatic heterocycles. The van der Waals surface area contributed by atoms with E-state index in [9.17, 15) is 9.59 Å². The van der Waals surface area contributed by atoms with Crippen molar-refractivity contribution in [2.45, 2.75) is 12.8 Å². The molecule has 10 heteroatoms. The van der Waals surface area contributed by atoms with Crippen LogP contribution in [0.2, 0.25) is 15.1 Å². The summed E-state index contributed by atoms with van der Waals surface area (Å²) in [4.78, 5) is 27.6. The van der Waals surface area contributed by atoms with Gasteiger partial charge in [0, 0.05) is 10.7 Å². The Bertz CT molecular complexity index is 879. The largest absolute Gasteiger partial charge is 0.395 e. The number of hydrogen-bond acceptors (Lipinski definition) is 4. The molecule has 7 nitrogen and oxygen atoms in total. The van der Waals surface area contributed by atoms with E-state index in [1.54, 1.807) is 42.5 Å². The maximum Gasteiger partial charge on any atom is 0.331 e. The Hall–Kier alpha value is -2.19. The minimum absolute atomic E-state index is 0.110. The molecule has 4 amide bonds. The lowest BCUT2D eigenvalue weighted by Crippen LogP contribution is -2.67. The molecule has 3 rings (SSSR count). The lowest BCUT2D eigenvalue weighted by atomic mass is 10.2. The van der Waals surface area contributed by atoms with Crippen molar-refractivity contribution in [2.24, 2.45) is 0 Å². The summed E-state index contributed by atoms with van der Waals surface area (Å²) in [5.41, 5.74) is 1.39. The van der Waals surface area contributed by atoms with Crippen molar-refractivity contribution in [3.05, 3.63) is 63.1 Å². The van der Waals surface area contributed by atoms with Crippen molar-refractivity contribution in [2.75, 3.05) is 18.5 Å². The predicted octanol–water partition coefficient (Wildman–Crippen LogP) is 3.98. The molecular formula is C18H17Cl3N4O3. The van der Waals surface area contributed by atoms with Crippen molar-refractivity contribution in [1.29, 1.82) is 0 Å². The van der Waals surface area contributed by atoms with Gasteiger partial charge in [-0.25, -0.2) is 14.5 Å². The number of imide groups is 1. The molecule has 28 heavy (non-hydrogen) atoms. The van der Waals surface area contributed by atoms with Crippen LogP contribution >= 0.6 is 34.8 Å². The number of amides is 4. The number of aliphatic hydroxyl groups excluding tert-OH is 1.